The van der Waals surface area contributed by atoms with Crippen molar-refractivity contribution in [3.05, 3.63) is 29.8 Å². The van der Waals surface area contributed by atoms with E-state index < -0.39 is 0 Å². The summed E-state index contributed by atoms with van der Waals surface area (Å²) in [5.74, 6) is 2.53. The number of benzene rings is 1. The number of anilines is 1. The fourth-order valence-corrected chi connectivity index (χ4v) is 4.32. The van der Waals surface area contributed by atoms with E-state index in [2.05, 4.69) is 34.1 Å². The first kappa shape index (κ1) is 17.6. The molecule has 0 atom stereocenters. The van der Waals surface area contributed by atoms with Crippen LogP contribution in [0.4, 0.5) is 10.5 Å². The van der Waals surface area contributed by atoms with Crippen LogP contribution in [0, 0.1) is 0 Å². The van der Waals surface area contributed by atoms with E-state index in [1.165, 1.54) is 43.0 Å². The lowest BCUT2D eigenvalue weighted by atomic mass is 10.1. The predicted molar refractivity (Wildman–Crippen MR) is 103 cm³/mol. The Morgan fingerprint density at radius 2 is 1.62 bits per heavy atom. The van der Waals surface area contributed by atoms with E-state index in [0.717, 1.165) is 44.6 Å². The summed E-state index contributed by atoms with van der Waals surface area (Å²) in [6.07, 6.45) is 5.83. The summed E-state index contributed by atoms with van der Waals surface area (Å²) in [7, 11) is 0. The van der Waals surface area contributed by atoms with Gasteiger partial charge in [-0.1, -0.05) is 25.0 Å². The summed E-state index contributed by atoms with van der Waals surface area (Å²) in [5.41, 5.74) is 2.25. The van der Waals surface area contributed by atoms with Gasteiger partial charge in [0.05, 0.1) is 0 Å². The van der Waals surface area contributed by atoms with Crippen molar-refractivity contribution in [2.45, 2.75) is 32.1 Å². The maximum absolute atomic E-state index is 12.3. The Balaban J connectivity index is 1.45. The quantitative estimate of drug-likeness (QED) is 0.902. The van der Waals surface area contributed by atoms with Gasteiger partial charge in [-0.05, 0) is 37.0 Å². The molecule has 1 N–H and O–H groups in total. The minimum atomic E-state index is 0.0514. The summed E-state index contributed by atoms with van der Waals surface area (Å²) >= 11 is 2.06. The van der Waals surface area contributed by atoms with Crippen molar-refractivity contribution in [3.63, 3.8) is 0 Å². The van der Waals surface area contributed by atoms with Gasteiger partial charge in [0, 0.05) is 49.9 Å². The summed E-state index contributed by atoms with van der Waals surface area (Å²) in [6.45, 7) is 5.35. The minimum absolute atomic E-state index is 0.0514. The van der Waals surface area contributed by atoms with E-state index in [0.29, 0.717) is 0 Å². The van der Waals surface area contributed by atoms with E-state index >= 15 is 0 Å². The van der Waals surface area contributed by atoms with E-state index in [9.17, 15) is 4.79 Å². The Kier molecular flexibility index (Phi) is 6.85. The molecule has 1 aromatic carbocycles. The molecule has 0 aliphatic carbocycles. The molecule has 2 aliphatic rings. The molecule has 5 heteroatoms. The van der Waals surface area contributed by atoms with Gasteiger partial charge in [-0.3, -0.25) is 0 Å². The summed E-state index contributed by atoms with van der Waals surface area (Å²) in [5, 5.41) is 3.05. The third-order valence-corrected chi connectivity index (χ3v) is 5.86. The largest absolute Gasteiger partial charge is 0.325 e. The minimum Gasteiger partial charge on any atom is -0.325 e. The topological polar surface area (TPSA) is 35.6 Å². The van der Waals surface area contributed by atoms with Crippen LogP contribution in [-0.4, -0.2) is 60.1 Å². The zero-order chi connectivity index (χ0) is 16.6. The molecule has 24 heavy (non-hydrogen) atoms. The van der Waals surface area contributed by atoms with E-state index in [-0.39, 0.29) is 6.03 Å². The molecule has 132 valence electrons. The molecule has 2 fully saturated rings. The maximum atomic E-state index is 12.3. The fraction of sp³-hybridized carbons (Fsp3) is 0.632. The first-order valence-corrected chi connectivity index (χ1v) is 10.4. The van der Waals surface area contributed by atoms with Crippen molar-refractivity contribution in [3.8, 4) is 0 Å². The number of amides is 2. The van der Waals surface area contributed by atoms with Gasteiger partial charge >= 0.3 is 6.03 Å². The number of likely N-dealkylation sites (tertiary alicyclic amines) is 1. The number of thioether (sulfide) groups is 1. The first-order valence-electron chi connectivity index (χ1n) is 9.26. The van der Waals surface area contributed by atoms with Crippen LogP contribution in [0.3, 0.4) is 0 Å². The molecule has 3 rings (SSSR count). The van der Waals surface area contributed by atoms with Gasteiger partial charge < -0.3 is 15.1 Å². The molecule has 2 saturated heterocycles. The third kappa shape index (κ3) is 5.42. The second-order valence-electron chi connectivity index (χ2n) is 6.73. The fourth-order valence-electron chi connectivity index (χ4n) is 3.34. The summed E-state index contributed by atoms with van der Waals surface area (Å²) in [4.78, 5) is 16.8. The zero-order valence-corrected chi connectivity index (χ0v) is 15.3. The Labute approximate surface area is 150 Å². The van der Waals surface area contributed by atoms with Crippen LogP contribution in [0.25, 0.3) is 0 Å². The molecule has 4 nitrogen and oxygen atoms in total. The lowest BCUT2D eigenvalue weighted by Gasteiger charge is -2.26. The van der Waals surface area contributed by atoms with Crippen molar-refractivity contribution in [1.82, 2.24) is 9.80 Å². The zero-order valence-electron chi connectivity index (χ0n) is 14.5. The van der Waals surface area contributed by atoms with Crippen molar-refractivity contribution < 1.29 is 4.79 Å². The van der Waals surface area contributed by atoms with Crippen LogP contribution in [0.1, 0.15) is 31.2 Å². The van der Waals surface area contributed by atoms with Crippen LogP contribution in [0.2, 0.25) is 0 Å². The van der Waals surface area contributed by atoms with Crippen LogP contribution in [0.15, 0.2) is 24.3 Å². The standard InChI is InChI=1S/C19H29N3OS/c23-19(22-10-3-1-2-4-11-22)20-18-7-5-17(6-8-18)9-12-21-13-15-24-16-14-21/h5-8H,1-4,9-16H2,(H,20,23). The number of carbonyl (C=O) groups excluding carboxylic acids is 1. The summed E-state index contributed by atoms with van der Waals surface area (Å²) < 4.78 is 0. The van der Waals surface area contributed by atoms with E-state index in [1.807, 2.05) is 17.0 Å². The van der Waals surface area contributed by atoms with Crippen molar-refractivity contribution in [2.75, 3.05) is 49.5 Å². The Hall–Kier alpha value is -1.20. The molecule has 0 saturated carbocycles. The van der Waals surface area contributed by atoms with Gasteiger partial charge in [-0.2, -0.15) is 11.8 Å². The number of rotatable bonds is 4. The molecule has 2 aliphatic heterocycles. The highest BCUT2D eigenvalue weighted by molar-refractivity contribution is 7.99. The average Bonchev–Trinajstić information content (AvgIpc) is 2.91. The van der Waals surface area contributed by atoms with Gasteiger partial charge in [-0.25, -0.2) is 4.79 Å². The molecule has 0 unspecified atom stereocenters. The van der Waals surface area contributed by atoms with E-state index in [4.69, 9.17) is 0 Å². The Morgan fingerprint density at radius 1 is 0.958 bits per heavy atom. The van der Waals surface area contributed by atoms with Crippen LogP contribution < -0.4 is 5.32 Å². The van der Waals surface area contributed by atoms with Crippen LogP contribution in [-0.2, 0) is 6.42 Å². The molecule has 0 aromatic heterocycles. The van der Waals surface area contributed by atoms with Gasteiger partial charge in [-0.15, -0.1) is 0 Å². The number of nitrogens with one attached hydrogen (secondary N) is 1. The van der Waals surface area contributed by atoms with Crippen molar-refractivity contribution in [2.24, 2.45) is 0 Å². The first-order chi connectivity index (χ1) is 11.8. The normalized spacial score (nSPS) is 19.8. The van der Waals surface area contributed by atoms with Crippen molar-refractivity contribution >= 4 is 23.5 Å². The van der Waals surface area contributed by atoms with Gasteiger partial charge in [0.1, 0.15) is 0 Å². The number of urea groups is 1. The average molecular weight is 348 g/mol. The van der Waals surface area contributed by atoms with Crippen LogP contribution in [0.5, 0.6) is 0 Å². The molecule has 0 radical (unpaired) electrons. The predicted octanol–water partition coefficient (Wildman–Crippen LogP) is 3.69. The number of nitrogens with zero attached hydrogens (tertiary/aromatic N) is 2. The van der Waals surface area contributed by atoms with Gasteiger partial charge in [0.2, 0.25) is 0 Å². The number of carbonyl (C=O) groups is 1. The lowest BCUT2D eigenvalue weighted by molar-refractivity contribution is 0.214. The Bertz CT molecular complexity index is 506. The lowest BCUT2D eigenvalue weighted by Crippen LogP contribution is -2.35. The van der Waals surface area contributed by atoms with Gasteiger partial charge in [0.25, 0.3) is 0 Å². The monoisotopic (exact) mass is 347 g/mol. The molecule has 2 heterocycles. The second-order valence-corrected chi connectivity index (χ2v) is 7.96. The highest BCUT2D eigenvalue weighted by Crippen LogP contribution is 2.15. The molecular formula is C19H29N3OS. The SMILES string of the molecule is O=C(Nc1ccc(CCN2CCSCC2)cc1)N1CCCCCC1. The van der Waals surface area contributed by atoms with Crippen LogP contribution >= 0.6 is 11.8 Å². The molecule has 1 aromatic rings. The highest BCUT2D eigenvalue weighted by Gasteiger charge is 2.15. The molecule has 2 amide bonds. The second kappa shape index (κ2) is 9.33. The number of hydrogen-bond donors (Lipinski definition) is 1. The van der Waals surface area contributed by atoms with E-state index in [1.54, 1.807) is 0 Å². The smallest absolute Gasteiger partial charge is 0.321 e. The third-order valence-electron chi connectivity index (χ3n) is 4.92. The highest BCUT2D eigenvalue weighted by atomic mass is 32.2. The van der Waals surface area contributed by atoms with Crippen molar-refractivity contribution in [1.29, 1.82) is 0 Å². The Morgan fingerprint density at radius 3 is 2.29 bits per heavy atom. The summed E-state index contributed by atoms with van der Waals surface area (Å²) in [6, 6.07) is 8.43. The molecule has 0 bridgehead atoms. The number of hydrogen-bond acceptors (Lipinski definition) is 3. The van der Waals surface area contributed by atoms with Gasteiger partial charge in [0.15, 0.2) is 0 Å². The molecular weight excluding hydrogens is 318 g/mol. The molecule has 0 spiro atoms. The maximum Gasteiger partial charge on any atom is 0.321 e.